The number of nitrogens with one attached hydrogen (secondary N) is 1. The van der Waals surface area contributed by atoms with Crippen LogP contribution in [0.1, 0.15) is 19.4 Å². The number of para-hydroxylation sites is 1. The van der Waals surface area contributed by atoms with E-state index in [-0.39, 0.29) is 5.91 Å². The van der Waals surface area contributed by atoms with Gasteiger partial charge in [-0.2, -0.15) is 0 Å². The average Bonchev–Trinajstić information content (AvgIpc) is 2.49. The van der Waals surface area contributed by atoms with Gasteiger partial charge in [-0.3, -0.25) is 4.79 Å². The number of ether oxygens (including phenoxy) is 1. The van der Waals surface area contributed by atoms with Gasteiger partial charge < -0.3 is 10.1 Å². The zero-order chi connectivity index (χ0) is 15.9. The van der Waals surface area contributed by atoms with Gasteiger partial charge in [0.25, 0.3) is 5.91 Å². The zero-order valence-electron chi connectivity index (χ0n) is 13.1. The van der Waals surface area contributed by atoms with Gasteiger partial charge in [-0.15, -0.1) is 11.8 Å². The van der Waals surface area contributed by atoms with Crippen LogP contribution in [0, 0.1) is 6.92 Å². The number of carbonyl (C=O) groups is 1. The lowest BCUT2D eigenvalue weighted by Crippen LogP contribution is -2.30. The summed E-state index contributed by atoms with van der Waals surface area (Å²) in [5.41, 5.74) is 1.94. The molecule has 0 aliphatic heterocycles. The molecule has 2 aromatic carbocycles. The molecule has 0 fully saturated rings. The summed E-state index contributed by atoms with van der Waals surface area (Å²) in [6, 6.07) is 15.5. The van der Waals surface area contributed by atoms with Gasteiger partial charge in [0.05, 0.1) is 5.69 Å². The molecule has 22 heavy (non-hydrogen) atoms. The number of hydrogen-bond acceptors (Lipinski definition) is 3. The van der Waals surface area contributed by atoms with Crippen LogP contribution in [-0.4, -0.2) is 17.8 Å². The van der Waals surface area contributed by atoms with Crippen molar-refractivity contribution >= 4 is 23.4 Å². The number of amides is 1. The van der Waals surface area contributed by atoms with Crippen molar-refractivity contribution < 1.29 is 9.53 Å². The van der Waals surface area contributed by atoms with Gasteiger partial charge in [0, 0.05) is 4.90 Å². The molecular weight excluding hydrogens is 294 g/mol. The summed E-state index contributed by atoms with van der Waals surface area (Å²) in [7, 11) is 0. The molecule has 116 valence electrons. The van der Waals surface area contributed by atoms with Crippen molar-refractivity contribution in [3.8, 4) is 5.75 Å². The number of benzene rings is 2. The van der Waals surface area contributed by atoms with E-state index < -0.39 is 6.10 Å². The highest BCUT2D eigenvalue weighted by Gasteiger charge is 2.16. The van der Waals surface area contributed by atoms with E-state index in [1.807, 2.05) is 55.5 Å². The van der Waals surface area contributed by atoms with Gasteiger partial charge in [-0.25, -0.2) is 0 Å². The number of hydrogen-bond donors (Lipinski definition) is 1. The molecule has 0 saturated heterocycles. The van der Waals surface area contributed by atoms with Crippen molar-refractivity contribution in [1.29, 1.82) is 0 Å². The second-order valence-corrected chi connectivity index (χ2v) is 6.30. The molecule has 0 heterocycles. The van der Waals surface area contributed by atoms with Crippen LogP contribution >= 0.6 is 11.8 Å². The molecule has 0 bridgehead atoms. The lowest BCUT2D eigenvalue weighted by atomic mass is 10.2. The minimum absolute atomic E-state index is 0.148. The first kappa shape index (κ1) is 16.4. The highest BCUT2D eigenvalue weighted by molar-refractivity contribution is 7.99. The molecular formula is C18H21NO2S. The van der Waals surface area contributed by atoms with Crippen molar-refractivity contribution in [3.63, 3.8) is 0 Å². The van der Waals surface area contributed by atoms with Crippen molar-refractivity contribution in [2.75, 3.05) is 11.1 Å². The number of rotatable bonds is 6. The summed E-state index contributed by atoms with van der Waals surface area (Å²) in [6.45, 7) is 5.84. The zero-order valence-corrected chi connectivity index (χ0v) is 13.9. The fourth-order valence-corrected chi connectivity index (χ4v) is 2.79. The SMILES string of the molecule is CCSc1ccccc1NC(=O)[C@H](C)Oc1cccc(C)c1. The van der Waals surface area contributed by atoms with Crippen molar-refractivity contribution in [3.05, 3.63) is 54.1 Å². The Bertz CT molecular complexity index is 642. The minimum atomic E-state index is -0.554. The average molecular weight is 315 g/mol. The van der Waals surface area contributed by atoms with Gasteiger partial charge >= 0.3 is 0 Å². The maximum Gasteiger partial charge on any atom is 0.265 e. The maximum atomic E-state index is 12.3. The predicted molar refractivity (Wildman–Crippen MR) is 92.7 cm³/mol. The lowest BCUT2D eigenvalue weighted by Gasteiger charge is -2.16. The standard InChI is InChI=1S/C18H21NO2S/c1-4-22-17-11-6-5-10-16(17)19-18(20)14(3)21-15-9-7-8-13(2)12-15/h5-12,14H,4H2,1-3H3,(H,19,20)/t14-/m0/s1. The first-order chi connectivity index (χ1) is 10.6. The van der Waals surface area contributed by atoms with Crippen molar-refractivity contribution in [1.82, 2.24) is 0 Å². The summed E-state index contributed by atoms with van der Waals surface area (Å²) >= 11 is 1.71. The Balaban J connectivity index is 2.02. The van der Waals surface area contributed by atoms with Crippen LogP contribution in [0.2, 0.25) is 0 Å². The highest BCUT2D eigenvalue weighted by atomic mass is 32.2. The van der Waals surface area contributed by atoms with E-state index >= 15 is 0 Å². The first-order valence-corrected chi connectivity index (χ1v) is 8.34. The van der Waals surface area contributed by atoms with Gasteiger partial charge in [-0.05, 0) is 49.4 Å². The van der Waals surface area contributed by atoms with E-state index in [9.17, 15) is 4.79 Å². The van der Waals surface area contributed by atoms with Gasteiger partial charge in [-0.1, -0.05) is 31.2 Å². The second kappa shape index (κ2) is 7.90. The van der Waals surface area contributed by atoms with E-state index in [0.29, 0.717) is 5.75 Å². The third-order valence-corrected chi connectivity index (χ3v) is 4.07. The summed E-state index contributed by atoms with van der Waals surface area (Å²) < 4.78 is 5.71. The van der Waals surface area contributed by atoms with E-state index in [1.165, 1.54) is 0 Å². The minimum Gasteiger partial charge on any atom is -0.481 e. The van der Waals surface area contributed by atoms with Crippen LogP contribution in [-0.2, 0) is 4.79 Å². The van der Waals surface area contributed by atoms with E-state index in [1.54, 1.807) is 18.7 Å². The largest absolute Gasteiger partial charge is 0.481 e. The molecule has 1 atom stereocenters. The molecule has 3 nitrogen and oxygen atoms in total. The van der Waals surface area contributed by atoms with E-state index in [4.69, 9.17) is 4.74 Å². The summed E-state index contributed by atoms with van der Waals surface area (Å²) in [4.78, 5) is 13.4. The van der Waals surface area contributed by atoms with E-state index in [2.05, 4.69) is 12.2 Å². The van der Waals surface area contributed by atoms with Gasteiger partial charge in [0.15, 0.2) is 6.10 Å². The lowest BCUT2D eigenvalue weighted by molar-refractivity contribution is -0.122. The summed E-state index contributed by atoms with van der Waals surface area (Å²) in [6.07, 6.45) is -0.554. The molecule has 0 aliphatic rings. The van der Waals surface area contributed by atoms with Crippen LogP contribution in [0.15, 0.2) is 53.4 Å². The number of anilines is 1. The third kappa shape index (κ3) is 4.53. The monoisotopic (exact) mass is 315 g/mol. The van der Waals surface area contributed by atoms with Crippen molar-refractivity contribution in [2.45, 2.75) is 31.8 Å². The molecule has 0 aliphatic carbocycles. The molecule has 0 spiro atoms. The molecule has 2 rings (SSSR count). The van der Waals surface area contributed by atoms with Crippen LogP contribution in [0.3, 0.4) is 0 Å². The smallest absolute Gasteiger partial charge is 0.265 e. The predicted octanol–water partition coefficient (Wildman–Crippen LogP) is 4.51. The Kier molecular flexibility index (Phi) is 5.90. The molecule has 0 saturated carbocycles. The number of thioether (sulfide) groups is 1. The van der Waals surface area contributed by atoms with Crippen LogP contribution in [0.4, 0.5) is 5.69 Å². The summed E-state index contributed by atoms with van der Waals surface area (Å²) in [5, 5.41) is 2.95. The third-order valence-electron chi connectivity index (χ3n) is 3.12. The molecule has 4 heteroatoms. The highest BCUT2D eigenvalue weighted by Crippen LogP contribution is 2.26. The van der Waals surface area contributed by atoms with Crippen LogP contribution in [0.5, 0.6) is 5.75 Å². The molecule has 1 N–H and O–H groups in total. The fraction of sp³-hybridized carbons (Fsp3) is 0.278. The first-order valence-electron chi connectivity index (χ1n) is 7.36. The molecule has 1 amide bonds. The normalized spacial score (nSPS) is 11.8. The topological polar surface area (TPSA) is 38.3 Å². The number of aryl methyl sites for hydroxylation is 1. The van der Waals surface area contributed by atoms with Gasteiger partial charge in [0.1, 0.15) is 5.75 Å². The molecule has 0 aromatic heterocycles. The molecule has 0 radical (unpaired) electrons. The Morgan fingerprint density at radius 1 is 1.23 bits per heavy atom. The number of carbonyl (C=O) groups excluding carboxylic acids is 1. The maximum absolute atomic E-state index is 12.3. The quantitative estimate of drug-likeness (QED) is 0.797. The fourth-order valence-electron chi connectivity index (χ4n) is 2.03. The van der Waals surface area contributed by atoms with E-state index in [0.717, 1.165) is 21.9 Å². The van der Waals surface area contributed by atoms with Crippen LogP contribution in [0.25, 0.3) is 0 Å². The Labute approximate surface area is 136 Å². The van der Waals surface area contributed by atoms with Crippen molar-refractivity contribution in [2.24, 2.45) is 0 Å². The summed E-state index contributed by atoms with van der Waals surface area (Å²) in [5.74, 6) is 1.52. The Morgan fingerprint density at radius 3 is 2.73 bits per heavy atom. The molecule has 2 aromatic rings. The second-order valence-electron chi connectivity index (χ2n) is 5.00. The van der Waals surface area contributed by atoms with Crippen LogP contribution < -0.4 is 10.1 Å². The molecule has 0 unspecified atom stereocenters. The Hall–Kier alpha value is -1.94. The van der Waals surface area contributed by atoms with Gasteiger partial charge in [0.2, 0.25) is 0 Å². The Morgan fingerprint density at radius 2 is 2.00 bits per heavy atom.